The van der Waals surface area contributed by atoms with Crippen LogP contribution in [0.25, 0.3) is 10.8 Å². The van der Waals surface area contributed by atoms with Gasteiger partial charge in [0.05, 0.1) is 0 Å². The van der Waals surface area contributed by atoms with Crippen LogP contribution in [0.4, 0.5) is 0 Å². The summed E-state index contributed by atoms with van der Waals surface area (Å²) in [6.45, 7) is 0. The fourth-order valence-corrected chi connectivity index (χ4v) is 2.31. The number of benzene rings is 2. The minimum atomic E-state index is 0.116. The summed E-state index contributed by atoms with van der Waals surface area (Å²) in [5.74, 6) is 0.968. The topological polar surface area (TPSA) is 46.2 Å². The lowest BCUT2D eigenvalue weighted by Crippen LogP contribution is -2.12. The van der Waals surface area contributed by atoms with E-state index in [1.165, 1.54) is 12.8 Å². The third-order valence-corrected chi connectivity index (χ3v) is 3.42. The molecule has 1 saturated carbocycles. The molecule has 0 spiro atoms. The Bertz CT molecular complexity index is 531. The van der Waals surface area contributed by atoms with Crippen molar-refractivity contribution in [1.29, 1.82) is 0 Å². The van der Waals surface area contributed by atoms with Gasteiger partial charge in [-0.25, -0.2) is 0 Å². The number of phenolic OH excluding ortho intramolecular Hbond substituents is 1. The summed E-state index contributed by atoms with van der Waals surface area (Å²) in [5, 5.41) is 11.8. The van der Waals surface area contributed by atoms with Gasteiger partial charge in [-0.05, 0) is 35.8 Å². The molecule has 0 saturated heterocycles. The van der Waals surface area contributed by atoms with E-state index in [1.54, 1.807) is 6.07 Å². The van der Waals surface area contributed by atoms with Gasteiger partial charge in [0.25, 0.3) is 0 Å². The Hall–Kier alpha value is -1.54. The van der Waals surface area contributed by atoms with Crippen molar-refractivity contribution in [3.63, 3.8) is 0 Å². The van der Waals surface area contributed by atoms with Crippen LogP contribution in [0.3, 0.4) is 0 Å². The Morgan fingerprint density at radius 1 is 1.06 bits per heavy atom. The zero-order chi connectivity index (χ0) is 11.1. The fraction of sp³-hybridized carbons (Fsp3) is 0.286. The van der Waals surface area contributed by atoms with E-state index in [0.29, 0.717) is 11.7 Å². The zero-order valence-electron chi connectivity index (χ0n) is 9.06. The van der Waals surface area contributed by atoms with Gasteiger partial charge in [0.1, 0.15) is 5.75 Å². The summed E-state index contributed by atoms with van der Waals surface area (Å²) >= 11 is 0. The van der Waals surface area contributed by atoms with Crippen LogP contribution in [0.5, 0.6) is 5.75 Å². The number of phenols is 1. The Balaban J connectivity index is 2.20. The first-order chi connectivity index (χ1) is 7.77. The summed E-state index contributed by atoms with van der Waals surface area (Å²) in [4.78, 5) is 0. The van der Waals surface area contributed by atoms with Crippen molar-refractivity contribution in [2.75, 3.05) is 0 Å². The standard InChI is InChI=1S/C14H15NO/c15-14(9-5-6-9)12-7-8-13(16)11-4-2-1-3-10(11)12/h1-4,7-9,14,16H,5-6,15H2/t14-/m0/s1. The lowest BCUT2D eigenvalue weighted by atomic mass is 9.96. The van der Waals surface area contributed by atoms with E-state index < -0.39 is 0 Å². The van der Waals surface area contributed by atoms with Crippen LogP contribution in [0.15, 0.2) is 36.4 Å². The number of hydrogen-bond acceptors (Lipinski definition) is 2. The smallest absolute Gasteiger partial charge is 0.123 e. The molecule has 0 radical (unpaired) electrons. The molecule has 3 rings (SSSR count). The molecule has 0 aliphatic heterocycles. The van der Waals surface area contributed by atoms with Crippen molar-refractivity contribution >= 4 is 10.8 Å². The Labute approximate surface area is 94.7 Å². The van der Waals surface area contributed by atoms with Gasteiger partial charge in [-0.1, -0.05) is 30.3 Å². The molecule has 3 N–H and O–H groups in total. The molecule has 16 heavy (non-hydrogen) atoms. The monoisotopic (exact) mass is 213 g/mol. The molecular formula is C14H15NO. The summed E-state index contributed by atoms with van der Waals surface area (Å²) in [6, 6.07) is 11.7. The van der Waals surface area contributed by atoms with Crippen molar-refractivity contribution in [2.24, 2.45) is 11.7 Å². The third-order valence-electron chi connectivity index (χ3n) is 3.42. The predicted molar refractivity (Wildman–Crippen MR) is 65.3 cm³/mol. The molecule has 0 heterocycles. The number of rotatable bonds is 2. The van der Waals surface area contributed by atoms with Crippen LogP contribution in [0, 0.1) is 5.92 Å². The van der Waals surface area contributed by atoms with E-state index in [2.05, 4.69) is 0 Å². The maximum absolute atomic E-state index is 9.79. The second kappa shape index (κ2) is 3.49. The highest BCUT2D eigenvalue weighted by Gasteiger charge is 2.30. The van der Waals surface area contributed by atoms with Crippen molar-refractivity contribution in [2.45, 2.75) is 18.9 Å². The molecule has 2 aromatic rings. The first-order valence-corrected chi connectivity index (χ1v) is 5.73. The van der Waals surface area contributed by atoms with E-state index in [0.717, 1.165) is 16.3 Å². The van der Waals surface area contributed by atoms with Crippen LogP contribution in [-0.4, -0.2) is 5.11 Å². The molecule has 2 aromatic carbocycles. The maximum Gasteiger partial charge on any atom is 0.123 e. The van der Waals surface area contributed by atoms with Gasteiger partial charge in [0.2, 0.25) is 0 Å². The van der Waals surface area contributed by atoms with Crippen LogP contribution < -0.4 is 5.73 Å². The first-order valence-electron chi connectivity index (χ1n) is 5.73. The molecule has 82 valence electrons. The summed E-state index contributed by atoms with van der Waals surface area (Å²) < 4.78 is 0. The number of nitrogens with two attached hydrogens (primary N) is 1. The lowest BCUT2D eigenvalue weighted by Gasteiger charge is -2.14. The number of hydrogen-bond donors (Lipinski definition) is 2. The summed E-state index contributed by atoms with van der Waals surface area (Å²) in [7, 11) is 0. The second-order valence-corrected chi connectivity index (χ2v) is 4.58. The van der Waals surface area contributed by atoms with Gasteiger partial charge in [-0.2, -0.15) is 0 Å². The molecule has 0 bridgehead atoms. The van der Waals surface area contributed by atoms with E-state index in [9.17, 15) is 5.11 Å². The minimum absolute atomic E-state index is 0.116. The normalized spacial score (nSPS) is 17.6. The number of aromatic hydroxyl groups is 1. The van der Waals surface area contributed by atoms with Gasteiger partial charge >= 0.3 is 0 Å². The van der Waals surface area contributed by atoms with Gasteiger partial charge in [0, 0.05) is 11.4 Å². The average Bonchev–Trinajstić information content (AvgIpc) is 3.13. The SMILES string of the molecule is N[C@H](c1ccc(O)c2ccccc12)C1CC1. The minimum Gasteiger partial charge on any atom is -0.507 e. The van der Waals surface area contributed by atoms with Crippen LogP contribution in [0.2, 0.25) is 0 Å². The molecular weight excluding hydrogens is 198 g/mol. The quantitative estimate of drug-likeness (QED) is 0.805. The lowest BCUT2D eigenvalue weighted by molar-refractivity contribution is 0.481. The van der Waals surface area contributed by atoms with Gasteiger partial charge in [-0.15, -0.1) is 0 Å². The zero-order valence-corrected chi connectivity index (χ0v) is 9.06. The Morgan fingerprint density at radius 3 is 2.44 bits per heavy atom. The summed E-state index contributed by atoms with van der Waals surface area (Å²) in [6.07, 6.45) is 2.47. The molecule has 1 atom stereocenters. The largest absolute Gasteiger partial charge is 0.507 e. The summed E-state index contributed by atoms with van der Waals surface area (Å²) in [5.41, 5.74) is 7.40. The molecule has 0 aromatic heterocycles. The molecule has 0 amide bonds. The Morgan fingerprint density at radius 2 is 1.75 bits per heavy atom. The van der Waals surface area contributed by atoms with E-state index in [4.69, 9.17) is 5.73 Å². The molecule has 1 aliphatic rings. The molecule has 2 heteroatoms. The fourth-order valence-electron chi connectivity index (χ4n) is 2.31. The highest BCUT2D eigenvalue weighted by atomic mass is 16.3. The van der Waals surface area contributed by atoms with E-state index >= 15 is 0 Å². The molecule has 0 unspecified atom stereocenters. The van der Waals surface area contributed by atoms with Crippen LogP contribution >= 0.6 is 0 Å². The number of fused-ring (bicyclic) bond motifs is 1. The highest BCUT2D eigenvalue weighted by Crippen LogP contribution is 2.42. The average molecular weight is 213 g/mol. The maximum atomic E-state index is 9.79. The van der Waals surface area contributed by atoms with Crippen LogP contribution in [-0.2, 0) is 0 Å². The van der Waals surface area contributed by atoms with Crippen molar-refractivity contribution in [1.82, 2.24) is 0 Å². The third kappa shape index (κ3) is 1.46. The van der Waals surface area contributed by atoms with Crippen molar-refractivity contribution in [3.8, 4) is 5.75 Å². The molecule has 2 nitrogen and oxygen atoms in total. The van der Waals surface area contributed by atoms with Crippen LogP contribution in [0.1, 0.15) is 24.4 Å². The highest BCUT2D eigenvalue weighted by molar-refractivity contribution is 5.91. The van der Waals surface area contributed by atoms with Gasteiger partial charge < -0.3 is 10.8 Å². The van der Waals surface area contributed by atoms with Gasteiger partial charge in [0.15, 0.2) is 0 Å². The predicted octanol–water partition coefficient (Wildman–Crippen LogP) is 2.96. The second-order valence-electron chi connectivity index (χ2n) is 4.58. The van der Waals surface area contributed by atoms with E-state index in [-0.39, 0.29) is 6.04 Å². The molecule has 1 aliphatic carbocycles. The van der Waals surface area contributed by atoms with Crippen molar-refractivity contribution < 1.29 is 5.11 Å². The van der Waals surface area contributed by atoms with Gasteiger partial charge in [-0.3, -0.25) is 0 Å². The Kier molecular flexibility index (Phi) is 2.11. The van der Waals surface area contributed by atoms with Crippen molar-refractivity contribution in [3.05, 3.63) is 42.0 Å². The van der Waals surface area contributed by atoms with E-state index in [1.807, 2.05) is 30.3 Å². The first kappa shape index (κ1) is 9.67. The molecule has 1 fully saturated rings.